The molecule has 1 aliphatic rings. The van der Waals surface area contributed by atoms with Crippen LogP contribution in [0.2, 0.25) is 0 Å². The van der Waals surface area contributed by atoms with Gasteiger partial charge in [-0.2, -0.15) is 0 Å². The third-order valence-corrected chi connectivity index (χ3v) is 6.79. The summed E-state index contributed by atoms with van der Waals surface area (Å²) in [5, 5.41) is 10.4. The van der Waals surface area contributed by atoms with E-state index in [1.54, 1.807) is 19.1 Å². The van der Waals surface area contributed by atoms with Crippen molar-refractivity contribution in [3.05, 3.63) is 71.3 Å². The number of carbonyl (C=O) groups excluding carboxylic acids is 2. The predicted octanol–water partition coefficient (Wildman–Crippen LogP) is 2.35. The minimum absolute atomic E-state index is 0.00235. The molecule has 1 saturated heterocycles. The number of likely N-dealkylation sites (N-methyl/N-ethyl adjacent to an activating group) is 1. The molecule has 1 fully saturated rings. The topological polar surface area (TPSA) is 125 Å². The SMILES string of the molecule is CCN1CCC(c2ccccc2)CC1(C(N)=O)[C@H](C)C(=O)NCc1ccc(C(=N)N)cc1. The smallest absolute Gasteiger partial charge is 0.238 e. The molecule has 3 atom stereocenters. The van der Waals surface area contributed by atoms with Crippen molar-refractivity contribution in [3.63, 3.8) is 0 Å². The molecule has 0 aliphatic carbocycles. The van der Waals surface area contributed by atoms with Crippen molar-refractivity contribution in [2.24, 2.45) is 17.4 Å². The molecule has 7 heteroatoms. The zero-order valence-corrected chi connectivity index (χ0v) is 18.8. The van der Waals surface area contributed by atoms with Gasteiger partial charge in [0.15, 0.2) is 0 Å². The lowest BCUT2D eigenvalue weighted by atomic mass is 9.70. The molecule has 6 N–H and O–H groups in total. The molecule has 0 radical (unpaired) electrons. The molecule has 2 unspecified atom stereocenters. The van der Waals surface area contributed by atoms with Crippen molar-refractivity contribution in [2.75, 3.05) is 13.1 Å². The van der Waals surface area contributed by atoms with Crippen LogP contribution >= 0.6 is 0 Å². The number of carbonyl (C=O) groups is 2. The fourth-order valence-electron chi connectivity index (χ4n) is 4.85. The fourth-order valence-corrected chi connectivity index (χ4v) is 4.85. The Morgan fingerprint density at radius 3 is 2.38 bits per heavy atom. The molecule has 0 aromatic heterocycles. The maximum absolute atomic E-state index is 13.2. The Kier molecular flexibility index (Phi) is 7.30. The number of nitrogens with zero attached hydrogens (tertiary/aromatic N) is 1. The minimum atomic E-state index is -1.05. The van der Waals surface area contributed by atoms with Crippen LogP contribution in [0.15, 0.2) is 54.6 Å². The molecule has 1 heterocycles. The van der Waals surface area contributed by atoms with Gasteiger partial charge in [-0.1, -0.05) is 68.4 Å². The standard InChI is InChI=1S/C25H33N5O2/c1-3-30-14-13-21(19-7-5-4-6-8-19)15-25(30,24(28)32)17(2)23(31)29-16-18-9-11-20(12-10-18)22(26)27/h4-12,17,21H,3,13-16H2,1-2H3,(H3,26,27)(H2,28,32)(H,29,31)/t17-,21?,25?/m1/s1. The molecule has 32 heavy (non-hydrogen) atoms. The van der Waals surface area contributed by atoms with Gasteiger partial charge >= 0.3 is 0 Å². The van der Waals surface area contributed by atoms with Crippen LogP contribution in [0.1, 0.15) is 49.3 Å². The summed E-state index contributed by atoms with van der Waals surface area (Å²) in [4.78, 5) is 28.2. The highest BCUT2D eigenvalue weighted by atomic mass is 16.2. The van der Waals surface area contributed by atoms with Gasteiger partial charge in [-0.15, -0.1) is 0 Å². The molecule has 1 aliphatic heterocycles. The Bertz CT molecular complexity index is 960. The van der Waals surface area contributed by atoms with Gasteiger partial charge in [0.05, 0.1) is 5.92 Å². The van der Waals surface area contributed by atoms with Crippen LogP contribution in [0.5, 0.6) is 0 Å². The van der Waals surface area contributed by atoms with E-state index >= 15 is 0 Å². The van der Waals surface area contributed by atoms with Crippen molar-refractivity contribution in [3.8, 4) is 0 Å². The monoisotopic (exact) mass is 435 g/mol. The van der Waals surface area contributed by atoms with Gasteiger partial charge in [0, 0.05) is 12.1 Å². The Morgan fingerprint density at radius 1 is 1.16 bits per heavy atom. The van der Waals surface area contributed by atoms with Gasteiger partial charge in [-0.25, -0.2) is 0 Å². The third-order valence-electron chi connectivity index (χ3n) is 6.79. The van der Waals surface area contributed by atoms with Crippen molar-refractivity contribution >= 4 is 17.6 Å². The van der Waals surface area contributed by atoms with E-state index in [1.807, 2.05) is 37.3 Å². The molecule has 2 amide bonds. The summed E-state index contributed by atoms with van der Waals surface area (Å²) in [7, 11) is 0. The van der Waals surface area contributed by atoms with Gasteiger partial charge in [-0.05, 0) is 43.0 Å². The van der Waals surface area contributed by atoms with E-state index in [4.69, 9.17) is 16.9 Å². The predicted molar refractivity (Wildman–Crippen MR) is 126 cm³/mol. The van der Waals surface area contributed by atoms with Gasteiger partial charge in [-0.3, -0.25) is 19.9 Å². The molecular formula is C25H33N5O2. The van der Waals surface area contributed by atoms with E-state index < -0.39 is 17.4 Å². The van der Waals surface area contributed by atoms with E-state index in [-0.39, 0.29) is 17.7 Å². The van der Waals surface area contributed by atoms with E-state index in [1.165, 1.54) is 5.56 Å². The van der Waals surface area contributed by atoms with Gasteiger partial charge in [0.25, 0.3) is 0 Å². The summed E-state index contributed by atoms with van der Waals surface area (Å²) < 4.78 is 0. The highest BCUT2D eigenvalue weighted by Crippen LogP contribution is 2.42. The summed E-state index contributed by atoms with van der Waals surface area (Å²) in [5.41, 5.74) is 13.2. The first-order valence-electron chi connectivity index (χ1n) is 11.1. The Labute approximate surface area is 189 Å². The van der Waals surface area contributed by atoms with Crippen LogP contribution in [-0.4, -0.2) is 41.2 Å². The Balaban J connectivity index is 1.79. The fraction of sp³-hybridized carbons (Fsp3) is 0.400. The molecular weight excluding hydrogens is 402 g/mol. The third kappa shape index (κ3) is 4.67. The second-order valence-corrected chi connectivity index (χ2v) is 8.52. The summed E-state index contributed by atoms with van der Waals surface area (Å²) in [6.07, 6.45) is 1.44. The summed E-state index contributed by atoms with van der Waals surface area (Å²) in [5.74, 6) is -1.09. The first-order valence-corrected chi connectivity index (χ1v) is 11.1. The second kappa shape index (κ2) is 9.96. The van der Waals surface area contributed by atoms with Crippen LogP contribution in [0, 0.1) is 11.3 Å². The average molecular weight is 436 g/mol. The summed E-state index contributed by atoms with van der Waals surface area (Å²) in [6, 6.07) is 17.3. The van der Waals surface area contributed by atoms with Crippen LogP contribution in [0.25, 0.3) is 0 Å². The minimum Gasteiger partial charge on any atom is -0.384 e. The second-order valence-electron chi connectivity index (χ2n) is 8.52. The lowest BCUT2D eigenvalue weighted by molar-refractivity contribution is -0.146. The number of benzene rings is 2. The van der Waals surface area contributed by atoms with E-state index in [2.05, 4.69) is 22.3 Å². The number of hydrogen-bond acceptors (Lipinski definition) is 4. The number of nitrogens with two attached hydrogens (primary N) is 2. The van der Waals surface area contributed by atoms with Crippen molar-refractivity contribution in [2.45, 2.75) is 44.7 Å². The maximum Gasteiger partial charge on any atom is 0.238 e. The zero-order valence-electron chi connectivity index (χ0n) is 18.8. The maximum atomic E-state index is 13.2. The number of hydrogen-bond donors (Lipinski definition) is 4. The van der Waals surface area contributed by atoms with Crippen LogP contribution in [-0.2, 0) is 16.1 Å². The molecule has 3 rings (SSSR count). The van der Waals surface area contributed by atoms with Crippen LogP contribution in [0.4, 0.5) is 0 Å². The lowest BCUT2D eigenvalue weighted by Gasteiger charge is -2.50. The molecule has 0 saturated carbocycles. The van der Waals surface area contributed by atoms with Crippen molar-refractivity contribution in [1.29, 1.82) is 5.41 Å². The van der Waals surface area contributed by atoms with Crippen LogP contribution < -0.4 is 16.8 Å². The first kappa shape index (κ1) is 23.5. The number of amidine groups is 1. The number of rotatable bonds is 8. The first-order chi connectivity index (χ1) is 15.3. The lowest BCUT2D eigenvalue weighted by Crippen LogP contribution is -2.66. The Hall–Kier alpha value is -3.19. The highest BCUT2D eigenvalue weighted by molar-refractivity contribution is 5.95. The number of amides is 2. The Morgan fingerprint density at radius 2 is 1.81 bits per heavy atom. The largest absolute Gasteiger partial charge is 0.384 e. The van der Waals surface area contributed by atoms with Gasteiger partial charge < -0.3 is 16.8 Å². The molecule has 2 aromatic rings. The molecule has 7 nitrogen and oxygen atoms in total. The molecule has 2 aromatic carbocycles. The number of nitrogen functional groups attached to an aromatic ring is 1. The quantitative estimate of drug-likeness (QED) is 0.375. The van der Waals surface area contributed by atoms with Crippen molar-refractivity contribution < 1.29 is 9.59 Å². The van der Waals surface area contributed by atoms with E-state index in [9.17, 15) is 9.59 Å². The molecule has 0 bridgehead atoms. The van der Waals surface area contributed by atoms with Crippen LogP contribution in [0.3, 0.4) is 0 Å². The summed E-state index contributed by atoms with van der Waals surface area (Å²) in [6.45, 7) is 5.48. The van der Waals surface area contributed by atoms with Gasteiger partial charge in [0.1, 0.15) is 11.4 Å². The van der Waals surface area contributed by atoms with Crippen molar-refractivity contribution in [1.82, 2.24) is 10.2 Å². The molecule has 0 spiro atoms. The average Bonchev–Trinajstić information content (AvgIpc) is 2.82. The van der Waals surface area contributed by atoms with E-state index in [0.717, 1.165) is 12.0 Å². The normalized spacial score (nSPS) is 22.1. The highest BCUT2D eigenvalue weighted by Gasteiger charge is 2.52. The molecule has 170 valence electrons. The number of likely N-dealkylation sites (tertiary alicyclic amines) is 1. The summed E-state index contributed by atoms with van der Waals surface area (Å²) >= 11 is 0. The zero-order chi connectivity index (χ0) is 23.3. The number of piperidine rings is 1. The van der Waals surface area contributed by atoms with Gasteiger partial charge in [0.2, 0.25) is 11.8 Å². The number of nitrogens with one attached hydrogen (secondary N) is 2. The van der Waals surface area contributed by atoms with E-state index in [0.29, 0.717) is 31.6 Å². The number of primary amides is 1.